The number of carbonyl (C=O) groups is 1. The molecule has 0 aliphatic rings. The number of hydrogen-bond donors (Lipinski definition) is 5. The van der Waals surface area contributed by atoms with Crippen LogP contribution in [-0.4, -0.2) is 43.9 Å². The van der Waals surface area contributed by atoms with E-state index in [4.69, 9.17) is 29.5 Å². The fourth-order valence-corrected chi connectivity index (χ4v) is 0.0500. The molecule has 68 valence electrons. The van der Waals surface area contributed by atoms with Crippen molar-refractivity contribution in [3.8, 4) is 0 Å². The van der Waals surface area contributed by atoms with Gasteiger partial charge in [-0.2, -0.15) is 0 Å². The minimum Gasteiger partial charge on any atom is -0.388 e. The van der Waals surface area contributed by atoms with Gasteiger partial charge in [0.1, 0.15) is 13.2 Å². The molecule has 0 atom stereocenters. The molecule has 0 saturated carbocycles. The Kier molecular flexibility index (Phi) is 7.75. The third-order valence-electron chi connectivity index (χ3n) is 0.353. The summed E-state index contributed by atoms with van der Waals surface area (Å²) in [6.07, 6.45) is 0. The minimum absolute atomic E-state index is 0.546. The predicted molar refractivity (Wildman–Crippen MR) is 33.4 cm³/mol. The van der Waals surface area contributed by atoms with Crippen molar-refractivity contribution in [2.45, 2.75) is 0 Å². The van der Waals surface area contributed by atoms with E-state index >= 15 is 0 Å². The molecule has 0 heterocycles. The molecule has 0 bridgehead atoms. The van der Waals surface area contributed by atoms with Gasteiger partial charge in [-0.1, -0.05) is 0 Å². The SMILES string of the molecule is O=C(CO)CO.O=P(O)(O)O. The molecule has 11 heavy (non-hydrogen) atoms. The van der Waals surface area contributed by atoms with E-state index < -0.39 is 26.8 Å². The predicted octanol–water partition coefficient (Wildman–Crippen LogP) is -2.39. The molecule has 8 heteroatoms. The van der Waals surface area contributed by atoms with Crippen LogP contribution in [0.3, 0.4) is 0 Å². The lowest BCUT2D eigenvalue weighted by Gasteiger charge is -1.82. The Bertz CT molecular complexity index is 134. The lowest BCUT2D eigenvalue weighted by molar-refractivity contribution is -0.124. The summed E-state index contributed by atoms with van der Waals surface area (Å²) >= 11 is 0. The standard InChI is InChI=1S/C3H6O3.H3O4P/c4-1-3(6)2-5;1-5(2,3)4/h4-5H,1-2H2;(H3,1,2,3,4). The van der Waals surface area contributed by atoms with Gasteiger partial charge in [-0.15, -0.1) is 0 Å². The van der Waals surface area contributed by atoms with Gasteiger partial charge in [0.2, 0.25) is 0 Å². The lowest BCUT2D eigenvalue weighted by atomic mass is 10.5. The van der Waals surface area contributed by atoms with Gasteiger partial charge < -0.3 is 24.9 Å². The normalized spacial score (nSPS) is 9.91. The molecule has 0 rings (SSSR count). The first-order chi connectivity index (χ1) is 4.81. The highest BCUT2D eigenvalue weighted by molar-refractivity contribution is 7.45. The molecule has 7 nitrogen and oxygen atoms in total. The van der Waals surface area contributed by atoms with Crippen molar-refractivity contribution in [3.05, 3.63) is 0 Å². The molecular formula is C3H9O7P. The monoisotopic (exact) mass is 188 g/mol. The third-order valence-corrected chi connectivity index (χ3v) is 0.353. The van der Waals surface area contributed by atoms with E-state index in [0.717, 1.165) is 0 Å². The number of phosphoric acid groups is 1. The molecule has 0 aromatic heterocycles. The number of rotatable bonds is 2. The van der Waals surface area contributed by atoms with Crippen molar-refractivity contribution in [3.63, 3.8) is 0 Å². The van der Waals surface area contributed by atoms with Gasteiger partial charge >= 0.3 is 7.82 Å². The molecular weight excluding hydrogens is 179 g/mol. The van der Waals surface area contributed by atoms with Crippen LogP contribution in [0.15, 0.2) is 0 Å². The molecule has 0 aliphatic heterocycles. The average Bonchev–Trinajstić information content (AvgIpc) is 1.83. The van der Waals surface area contributed by atoms with Gasteiger partial charge in [0.25, 0.3) is 0 Å². The maximum atomic E-state index is 9.68. The highest BCUT2D eigenvalue weighted by Gasteiger charge is 2.00. The van der Waals surface area contributed by atoms with E-state index in [9.17, 15) is 4.79 Å². The molecule has 0 amide bonds. The molecule has 0 unspecified atom stereocenters. The highest BCUT2D eigenvalue weighted by Crippen LogP contribution is 2.25. The smallest absolute Gasteiger partial charge is 0.388 e. The molecule has 0 fully saturated rings. The van der Waals surface area contributed by atoms with E-state index in [1.54, 1.807) is 0 Å². The van der Waals surface area contributed by atoms with Crippen LogP contribution in [0, 0.1) is 0 Å². The zero-order chi connectivity index (χ0) is 9.49. The van der Waals surface area contributed by atoms with Crippen LogP contribution in [0.2, 0.25) is 0 Å². The van der Waals surface area contributed by atoms with E-state index in [-0.39, 0.29) is 0 Å². The molecule has 0 radical (unpaired) electrons. The van der Waals surface area contributed by atoms with Crippen molar-refractivity contribution >= 4 is 13.6 Å². The number of carbonyl (C=O) groups excluding carboxylic acids is 1. The summed E-state index contributed by atoms with van der Waals surface area (Å²) < 4.78 is 8.88. The van der Waals surface area contributed by atoms with Gasteiger partial charge in [-0.3, -0.25) is 4.79 Å². The van der Waals surface area contributed by atoms with Crippen LogP contribution < -0.4 is 0 Å². The van der Waals surface area contributed by atoms with Crippen LogP contribution in [0.1, 0.15) is 0 Å². The fraction of sp³-hybridized carbons (Fsp3) is 0.667. The van der Waals surface area contributed by atoms with Crippen molar-refractivity contribution < 1.29 is 34.3 Å². The molecule has 0 aromatic rings. The fourth-order valence-electron chi connectivity index (χ4n) is 0.0500. The van der Waals surface area contributed by atoms with Crippen LogP contribution >= 0.6 is 7.82 Å². The lowest BCUT2D eigenvalue weighted by Crippen LogP contribution is -2.07. The number of Topliss-reactive ketones (excluding diaryl/α,β-unsaturated/α-hetero) is 1. The summed E-state index contributed by atoms with van der Waals surface area (Å²) in [5, 5.41) is 15.7. The van der Waals surface area contributed by atoms with E-state index in [1.807, 2.05) is 0 Å². The second-order valence-corrected chi connectivity index (χ2v) is 2.39. The minimum atomic E-state index is -4.64. The first-order valence-corrected chi connectivity index (χ1v) is 3.89. The summed E-state index contributed by atoms with van der Waals surface area (Å²) in [5.41, 5.74) is 0. The van der Waals surface area contributed by atoms with Gasteiger partial charge in [0.05, 0.1) is 0 Å². The second-order valence-electron chi connectivity index (χ2n) is 1.37. The summed E-state index contributed by atoms with van der Waals surface area (Å²) in [7, 11) is -4.64. The number of aliphatic hydroxyl groups is 2. The zero-order valence-electron chi connectivity index (χ0n) is 5.41. The van der Waals surface area contributed by atoms with E-state index in [1.165, 1.54) is 0 Å². The molecule has 0 aliphatic carbocycles. The quantitative estimate of drug-likeness (QED) is 0.305. The second kappa shape index (κ2) is 6.41. The Balaban J connectivity index is 0. The van der Waals surface area contributed by atoms with Gasteiger partial charge in [-0.05, 0) is 0 Å². The number of aliphatic hydroxyl groups excluding tert-OH is 2. The molecule has 5 N–H and O–H groups in total. The zero-order valence-corrected chi connectivity index (χ0v) is 6.31. The highest BCUT2D eigenvalue weighted by atomic mass is 31.2. The largest absolute Gasteiger partial charge is 0.466 e. The van der Waals surface area contributed by atoms with Gasteiger partial charge in [-0.25, -0.2) is 4.57 Å². The van der Waals surface area contributed by atoms with Crippen LogP contribution in [-0.2, 0) is 9.36 Å². The van der Waals surface area contributed by atoms with Crippen molar-refractivity contribution in [2.75, 3.05) is 13.2 Å². The summed E-state index contributed by atoms with van der Waals surface area (Å²) in [5.74, 6) is -0.546. The average molecular weight is 188 g/mol. The van der Waals surface area contributed by atoms with Crippen LogP contribution in [0.25, 0.3) is 0 Å². The molecule has 0 aromatic carbocycles. The Morgan fingerprint density at radius 2 is 1.27 bits per heavy atom. The van der Waals surface area contributed by atoms with Crippen LogP contribution in [0.4, 0.5) is 0 Å². The Hall–Kier alpha value is -0.300. The van der Waals surface area contributed by atoms with E-state index in [2.05, 4.69) is 0 Å². The third kappa shape index (κ3) is 42.0. The topological polar surface area (TPSA) is 135 Å². The van der Waals surface area contributed by atoms with Crippen molar-refractivity contribution in [1.29, 1.82) is 0 Å². The Morgan fingerprint density at radius 1 is 1.09 bits per heavy atom. The maximum Gasteiger partial charge on any atom is 0.466 e. The Labute approximate surface area is 62.2 Å². The van der Waals surface area contributed by atoms with Crippen molar-refractivity contribution in [2.24, 2.45) is 0 Å². The molecule has 0 saturated heterocycles. The van der Waals surface area contributed by atoms with Crippen molar-refractivity contribution in [1.82, 2.24) is 0 Å². The van der Waals surface area contributed by atoms with E-state index in [0.29, 0.717) is 0 Å². The summed E-state index contributed by atoms with van der Waals surface area (Å²) in [6.45, 7) is -1.12. The molecule has 0 spiro atoms. The summed E-state index contributed by atoms with van der Waals surface area (Å²) in [6, 6.07) is 0. The first kappa shape index (κ1) is 13.3. The summed E-state index contributed by atoms with van der Waals surface area (Å²) in [4.78, 5) is 31.2. The van der Waals surface area contributed by atoms with Gasteiger partial charge in [0, 0.05) is 0 Å². The number of ketones is 1. The number of hydrogen-bond acceptors (Lipinski definition) is 4. The van der Waals surface area contributed by atoms with Crippen LogP contribution in [0.5, 0.6) is 0 Å². The first-order valence-electron chi connectivity index (χ1n) is 2.33. The Morgan fingerprint density at radius 3 is 1.27 bits per heavy atom. The maximum absolute atomic E-state index is 9.68. The van der Waals surface area contributed by atoms with Gasteiger partial charge in [0.15, 0.2) is 5.78 Å².